The van der Waals surface area contributed by atoms with E-state index in [1.54, 1.807) is 16.4 Å². The van der Waals surface area contributed by atoms with Crippen molar-refractivity contribution >= 4 is 15.8 Å². The summed E-state index contributed by atoms with van der Waals surface area (Å²) in [5.74, 6) is 0.00915. The number of benzene rings is 3. The van der Waals surface area contributed by atoms with Crippen molar-refractivity contribution in [3.05, 3.63) is 101 Å². The molecule has 0 radical (unpaired) electrons. The lowest BCUT2D eigenvalue weighted by atomic mass is 9.63. The van der Waals surface area contributed by atoms with Crippen LogP contribution < -0.4 is 0 Å². The zero-order chi connectivity index (χ0) is 21.8. The molecule has 5 rings (SSSR count). The van der Waals surface area contributed by atoms with Crippen LogP contribution in [0.5, 0.6) is 0 Å². The number of aryl methyl sites for hydroxylation is 2. The zero-order valence-corrected chi connectivity index (χ0v) is 18.5. The second kappa shape index (κ2) is 7.14. The van der Waals surface area contributed by atoms with Gasteiger partial charge in [0.05, 0.1) is 4.90 Å². The van der Waals surface area contributed by atoms with Gasteiger partial charge < -0.3 is 0 Å². The fraction of sp³-hybridized carbons (Fsp3) is 0.269. The predicted octanol–water partition coefficient (Wildman–Crippen LogP) is 4.64. The summed E-state index contributed by atoms with van der Waals surface area (Å²) in [7, 11) is -3.73. The summed E-state index contributed by atoms with van der Waals surface area (Å²) in [6, 6.07) is 22.5. The number of nitrogens with zero attached hydrogens (tertiary/aromatic N) is 1. The van der Waals surface area contributed by atoms with Crippen LogP contribution in [0.2, 0.25) is 0 Å². The Morgan fingerprint density at radius 3 is 2.39 bits per heavy atom. The number of hydrogen-bond donors (Lipinski definition) is 0. The van der Waals surface area contributed by atoms with Crippen LogP contribution in [0.25, 0.3) is 0 Å². The number of hydrogen-bond acceptors (Lipinski definition) is 3. The Kier molecular flexibility index (Phi) is 4.65. The Labute approximate surface area is 183 Å². The maximum absolute atomic E-state index is 13.7. The number of carbonyl (C=O) groups excluding carboxylic acids is 1. The number of sulfonamides is 1. The molecule has 158 valence electrons. The molecule has 1 fully saturated rings. The highest BCUT2D eigenvalue weighted by Gasteiger charge is 2.57. The molecule has 0 N–H and O–H groups in total. The summed E-state index contributed by atoms with van der Waals surface area (Å²) >= 11 is 0. The third-order valence-corrected chi connectivity index (χ3v) is 8.81. The molecule has 3 aromatic rings. The van der Waals surface area contributed by atoms with E-state index in [0.717, 1.165) is 27.8 Å². The van der Waals surface area contributed by atoms with Gasteiger partial charge in [0.15, 0.2) is 5.78 Å². The van der Waals surface area contributed by atoms with Crippen LogP contribution in [0, 0.1) is 13.8 Å². The largest absolute Gasteiger partial charge is 0.294 e. The Morgan fingerprint density at radius 1 is 0.903 bits per heavy atom. The second-order valence-electron chi connectivity index (χ2n) is 8.71. The topological polar surface area (TPSA) is 54.5 Å². The van der Waals surface area contributed by atoms with E-state index in [-0.39, 0.29) is 17.1 Å². The fourth-order valence-corrected chi connectivity index (χ4v) is 7.07. The summed E-state index contributed by atoms with van der Waals surface area (Å²) in [6.07, 6.45) is 0.840. The van der Waals surface area contributed by atoms with E-state index in [0.29, 0.717) is 13.0 Å². The van der Waals surface area contributed by atoms with Crippen molar-refractivity contribution in [2.45, 2.75) is 43.0 Å². The molecule has 31 heavy (non-hydrogen) atoms. The first-order valence-electron chi connectivity index (χ1n) is 10.6. The van der Waals surface area contributed by atoms with Gasteiger partial charge in [-0.3, -0.25) is 4.79 Å². The van der Waals surface area contributed by atoms with Crippen LogP contribution >= 0.6 is 0 Å². The van der Waals surface area contributed by atoms with Gasteiger partial charge in [-0.05, 0) is 43.5 Å². The van der Waals surface area contributed by atoms with Gasteiger partial charge >= 0.3 is 0 Å². The number of rotatable bonds is 3. The molecule has 4 nitrogen and oxygen atoms in total. The van der Waals surface area contributed by atoms with Crippen molar-refractivity contribution in [3.8, 4) is 0 Å². The molecule has 1 aliphatic heterocycles. The Hall–Kier alpha value is -2.76. The van der Waals surface area contributed by atoms with E-state index < -0.39 is 21.5 Å². The lowest BCUT2D eigenvalue weighted by Gasteiger charge is -2.43. The first-order chi connectivity index (χ1) is 14.8. The van der Waals surface area contributed by atoms with Crippen molar-refractivity contribution in [1.29, 1.82) is 0 Å². The SMILES string of the molecule is Cc1ccc(S(=O)(=O)N2CCC3(c4cccc(C)c4)c4ccccc4C(=O)CC23)cc1. The van der Waals surface area contributed by atoms with Crippen molar-refractivity contribution in [3.63, 3.8) is 0 Å². The van der Waals surface area contributed by atoms with Crippen LogP contribution in [0.3, 0.4) is 0 Å². The number of fused-ring (bicyclic) bond motifs is 3. The standard InChI is InChI=1S/C26H25NO3S/c1-18-10-12-21(13-11-18)31(29,30)27-15-14-26(20-7-5-6-19(2)16-20)23-9-4-3-8-22(23)24(28)17-25(26)27/h3-13,16,25H,14-15,17H2,1-2H3. The van der Waals surface area contributed by atoms with Crippen LogP contribution in [-0.4, -0.2) is 31.1 Å². The maximum Gasteiger partial charge on any atom is 0.243 e. The van der Waals surface area contributed by atoms with E-state index in [1.165, 1.54) is 0 Å². The molecule has 2 atom stereocenters. The average molecular weight is 432 g/mol. The fourth-order valence-electron chi connectivity index (χ4n) is 5.39. The second-order valence-corrected chi connectivity index (χ2v) is 10.6. The number of ketones is 1. The number of carbonyl (C=O) groups is 1. The molecular formula is C26H25NO3S. The average Bonchev–Trinajstić information content (AvgIpc) is 3.16. The van der Waals surface area contributed by atoms with Crippen molar-refractivity contribution in [1.82, 2.24) is 4.31 Å². The summed E-state index contributed by atoms with van der Waals surface area (Å²) < 4.78 is 28.9. The lowest BCUT2D eigenvalue weighted by Crippen LogP contribution is -2.50. The molecule has 1 aliphatic carbocycles. The lowest BCUT2D eigenvalue weighted by molar-refractivity contribution is 0.0929. The molecule has 3 aromatic carbocycles. The van der Waals surface area contributed by atoms with Gasteiger partial charge in [-0.25, -0.2) is 8.42 Å². The van der Waals surface area contributed by atoms with E-state index >= 15 is 0 Å². The quantitative estimate of drug-likeness (QED) is 0.607. The van der Waals surface area contributed by atoms with E-state index in [4.69, 9.17) is 0 Å². The summed E-state index contributed by atoms with van der Waals surface area (Å²) in [6.45, 7) is 4.37. The van der Waals surface area contributed by atoms with Crippen molar-refractivity contribution < 1.29 is 13.2 Å². The van der Waals surface area contributed by atoms with Gasteiger partial charge in [0.1, 0.15) is 0 Å². The highest BCUT2D eigenvalue weighted by atomic mass is 32.2. The van der Waals surface area contributed by atoms with E-state index in [1.807, 2.05) is 62.4 Å². The zero-order valence-electron chi connectivity index (χ0n) is 17.7. The van der Waals surface area contributed by atoms with Gasteiger partial charge in [-0.1, -0.05) is 71.8 Å². The third kappa shape index (κ3) is 2.99. The Bertz CT molecular complexity index is 1280. The monoisotopic (exact) mass is 431 g/mol. The molecule has 2 unspecified atom stereocenters. The predicted molar refractivity (Wildman–Crippen MR) is 121 cm³/mol. The summed E-state index contributed by atoms with van der Waals surface area (Å²) in [5, 5.41) is 0. The smallest absolute Gasteiger partial charge is 0.243 e. The van der Waals surface area contributed by atoms with Crippen molar-refractivity contribution in [2.75, 3.05) is 6.54 Å². The van der Waals surface area contributed by atoms with Gasteiger partial charge in [-0.2, -0.15) is 4.31 Å². The van der Waals surface area contributed by atoms with Crippen molar-refractivity contribution in [2.24, 2.45) is 0 Å². The van der Waals surface area contributed by atoms with Gasteiger partial charge in [0.25, 0.3) is 0 Å². The molecule has 5 heteroatoms. The normalized spacial score (nSPS) is 23.4. The summed E-state index contributed by atoms with van der Waals surface area (Å²) in [5.41, 5.74) is 4.35. The highest BCUT2D eigenvalue weighted by molar-refractivity contribution is 7.89. The van der Waals surface area contributed by atoms with Crippen LogP contribution in [0.1, 0.15) is 45.5 Å². The van der Waals surface area contributed by atoms with Crippen LogP contribution in [-0.2, 0) is 15.4 Å². The molecule has 2 aliphatic rings. The van der Waals surface area contributed by atoms with E-state index in [2.05, 4.69) is 12.1 Å². The molecule has 0 spiro atoms. The molecular weight excluding hydrogens is 406 g/mol. The minimum atomic E-state index is -3.73. The third-order valence-electron chi connectivity index (χ3n) is 6.89. The van der Waals surface area contributed by atoms with Crippen LogP contribution in [0.15, 0.2) is 77.7 Å². The Morgan fingerprint density at radius 2 is 1.65 bits per heavy atom. The molecule has 0 aromatic heterocycles. The highest BCUT2D eigenvalue weighted by Crippen LogP contribution is 2.52. The van der Waals surface area contributed by atoms with Gasteiger partial charge in [0.2, 0.25) is 10.0 Å². The maximum atomic E-state index is 13.7. The van der Waals surface area contributed by atoms with Gasteiger partial charge in [0, 0.05) is 30.0 Å². The summed E-state index contributed by atoms with van der Waals surface area (Å²) in [4.78, 5) is 13.4. The Balaban J connectivity index is 1.71. The number of Topliss-reactive ketones (excluding diaryl/α,β-unsaturated/α-hetero) is 1. The molecule has 1 heterocycles. The molecule has 0 saturated carbocycles. The minimum absolute atomic E-state index is 0.00915. The first-order valence-corrected chi connectivity index (χ1v) is 12.1. The first kappa shape index (κ1) is 20.2. The van der Waals surface area contributed by atoms with Gasteiger partial charge in [-0.15, -0.1) is 0 Å². The molecule has 0 amide bonds. The molecule has 1 saturated heterocycles. The van der Waals surface area contributed by atoms with E-state index in [9.17, 15) is 13.2 Å². The minimum Gasteiger partial charge on any atom is -0.294 e. The molecule has 0 bridgehead atoms. The van der Waals surface area contributed by atoms with Crippen LogP contribution in [0.4, 0.5) is 0 Å².